The van der Waals surface area contributed by atoms with Crippen molar-refractivity contribution in [2.24, 2.45) is 5.73 Å². The van der Waals surface area contributed by atoms with E-state index in [0.29, 0.717) is 30.3 Å². The number of carbonyl (C=O) groups excluding carboxylic acids is 1. The monoisotopic (exact) mass is 359 g/mol. The topological polar surface area (TPSA) is 108 Å². The van der Waals surface area contributed by atoms with Crippen molar-refractivity contribution in [3.63, 3.8) is 0 Å². The first-order chi connectivity index (χ1) is 12.4. The molecule has 1 amide bonds. The Morgan fingerprint density at radius 1 is 1.23 bits per heavy atom. The summed E-state index contributed by atoms with van der Waals surface area (Å²) < 4.78 is 10.8. The van der Waals surface area contributed by atoms with Gasteiger partial charge >= 0.3 is 0 Å². The number of nitrogens with zero attached hydrogens (tertiary/aromatic N) is 2. The number of anilines is 1. The molecule has 0 aromatic heterocycles. The summed E-state index contributed by atoms with van der Waals surface area (Å²) in [5.41, 5.74) is 6.39. The third-order valence-electron chi connectivity index (χ3n) is 3.82. The minimum absolute atomic E-state index is 0.0941. The van der Waals surface area contributed by atoms with Crippen LogP contribution >= 0.6 is 0 Å². The zero-order chi connectivity index (χ0) is 19.3. The van der Waals surface area contributed by atoms with Gasteiger partial charge in [0.05, 0.1) is 18.6 Å². The lowest BCUT2D eigenvalue weighted by Crippen LogP contribution is -2.19. The van der Waals surface area contributed by atoms with Gasteiger partial charge in [0.15, 0.2) is 11.5 Å². The Morgan fingerprint density at radius 2 is 1.96 bits per heavy atom. The van der Waals surface area contributed by atoms with Gasteiger partial charge in [-0.1, -0.05) is 6.07 Å². The Kier molecular flexibility index (Phi) is 6.00. The van der Waals surface area contributed by atoms with Gasteiger partial charge in [-0.25, -0.2) is 0 Å². The largest absolute Gasteiger partial charge is 0.493 e. The molecule has 2 N–H and O–H groups in total. The molecule has 26 heavy (non-hydrogen) atoms. The third kappa shape index (κ3) is 4.21. The molecule has 0 aliphatic carbocycles. The quantitative estimate of drug-likeness (QED) is 0.573. The van der Waals surface area contributed by atoms with E-state index in [1.807, 2.05) is 19.1 Å². The molecular weight excluding hydrogens is 338 g/mol. The van der Waals surface area contributed by atoms with Crippen LogP contribution in [0.3, 0.4) is 0 Å². The molecule has 0 fully saturated rings. The summed E-state index contributed by atoms with van der Waals surface area (Å²) in [5.74, 6) is 0.521. The van der Waals surface area contributed by atoms with Gasteiger partial charge in [0, 0.05) is 25.2 Å². The fourth-order valence-corrected chi connectivity index (χ4v) is 2.59. The molecule has 0 atom stereocenters. The van der Waals surface area contributed by atoms with Crippen LogP contribution in [0.25, 0.3) is 0 Å². The van der Waals surface area contributed by atoms with Crippen molar-refractivity contribution in [3.8, 4) is 11.5 Å². The average Bonchev–Trinajstić information content (AvgIpc) is 2.62. The van der Waals surface area contributed by atoms with E-state index in [0.717, 1.165) is 5.56 Å². The number of rotatable bonds is 8. The van der Waals surface area contributed by atoms with Crippen LogP contribution in [0.4, 0.5) is 11.4 Å². The summed E-state index contributed by atoms with van der Waals surface area (Å²) in [6.45, 7) is 2.81. The number of nitrogens with two attached hydrogens (primary N) is 1. The summed E-state index contributed by atoms with van der Waals surface area (Å²) in [5, 5.41) is 11.4. The van der Waals surface area contributed by atoms with Crippen LogP contribution in [-0.4, -0.2) is 31.6 Å². The zero-order valence-corrected chi connectivity index (χ0v) is 14.9. The van der Waals surface area contributed by atoms with Gasteiger partial charge in [-0.15, -0.1) is 0 Å². The Balaban J connectivity index is 2.31. The molecule has 2 rings (SSSR count). The maximum Gasteiger partial charge on any atom is 0.293 e. The molecule has 2 aromatic rings. The third-order valence-corrected chi connectivity index (χ3v) is 3.82. The highest BCUT2D eigenvalue weighted by Crippen LogP contribution is 2.32. The molecule has 0 heterocycles. The number of hydrogen-bond donors (Lipinski definition) is 1. The molecule has 138 valence electrons. The van der Waals surface area contributed by atoms with Crippen molar-refractivity contribution < 1.29 is 19.2 Å². The SMILES string of the molecule is CCOc1ccc(CN(C)c2ccc(C(N)=O)cc2[N+](=O)[O-])cc1OC. The van der Waals surface area contributed by atoms with E-state index < -0.39 is 10.8 Å². The zero-order valence-electron chi connectivity index (χ0n) is 14.9. The van der Waals surface area contributed by atoms with Gasteiger partial charge < -0.3 is 20.1 Å². The van der Waals surface area contributed by atoms with E-state index in [2.05, 4.69) is 0 Å². The normalized spacial score (nSPS) is 10.3. The fourth-order valence-electron chi connectivity index (χ4n) is 2.59. The Labute approximate surface area is 151 Å². The van der Waals surface area contributed by atoms with Crippen molar-refractivity contribution in [3.05, 3.63) is 57.6 Å². The van der Waals surface area contributed by atoms with Crippen molar-refractivity contribution in [1.82, 2.24) is 0 Å². The number of methoxy groups -OCH3 is 1. The fraction of sp³-hybridized carbons (Fsp3) is 0.278. The average molecular weight is 359 g/mol. The van der Waals surface area contributed by atoms with Crippen LogP contribution in [0.2, 0.25) is 0 Å². The van der Waals surface area contributed by atoms with Gasteiger partial charge in [0.1, 0.15) is 5.69 Å². The number of benzene rings is 2. The van der Waals surface area contributed by atoms with E-state index in [1.165, 1.54) is 18.2 Å². The summed E-state index contributed by atoms with van der Waals surface area (Å²) >= 11 is 0. The second kappa shape index (κ2) is 8.19. The Bertz CT molecular complexity index is 822. The number of carbonyl (C=O) groups is 1. The molecule has 2 aromatic carbocycles. The van der Waals surface area contributed by atoms with Crippen molar-refractivity contribution in [2.45, 2.75) is 13.5 Å². The highest BCUT2D eigenvalue weighted by molar-refractivity contribution is 5.94. The maximum absolute atomic E-state index is 11.4. The Morgan fingerprint density at radius 3 is 2.54 bits per heavy atom. The standard InChI is InChI=1S/C18H21N3O5/c1-4-26-16-8-5-12(9-17(16)25-3)11-20(2)14-7-6-13(18(19)22)10-15(14)21(23)24/h5-10H,4,11H2,1-3H3,(H2,19,22). The van der Waals surface area contributed by atoms with Gasteiger partial charge in [0.2, 0.25) is 5.91 Å². The van der Waals surface area contributed by atoms with Crippen LogP contribution in [0.1, 0.15) is 22.8 Å². The van der Waals surface area contributed by atoms with E-state index in [-0.39, 0.29) is 11.3 Å². The maximum atomic E-state index is 11.4. The second-order valence-corrected chi connectivity index (χ2v) is 5.60. The lowest BCUT2D eigenvalue weighted by atomic mass is 10.1. The first-order valence-electron chi connectivity index (χ1n) is 7.96. The molecule has 0 saturated carbocycles. The summed E-state index contributed by atoms with van der Waals surface area (Å²) in [6, 6.07) is 9.67. The van der Waals surface area contributed by atoms with Crippen molar-refractivity contribution in [1.29, 1.82) is 0 Å². The number of ether oxygens (including phenoxy) is 2. The highest BCUT2D eigenvalue weighted by Gasteiger charge is 2.20. The minimum atomic E-state index is -0.710. The second-order valence-electron chi connectivity index (χ2n) is 5.60. The van der Waals surface area contributed by atoms with Crippen LogP contribution in [0.15, 0.2) is 36.4 Å². The number of amides is 1. The molecule has 0 saturated heterocycles. The lowest BCUT2D eigenvalue weighted by molar-refractivity contribution is -0.384. The number of nitro groups is 1. The van der Waals surface area contributed by atoms with E-state index >= 15 is 0 Å². The van der Waals surface area contributed by atoms with E-state index in [9.17, 15) is 14.9 Å². The van der Waals surface area contributed by atoms with Gasteiger partial charge in [0.25, 0.3) is 5.69 Å². The van der Waals surface area contributed by atoms with Crippen LogP contribution < -0.4 is 20.1 Å². The summed E-state index contributed by atoms with van der Waals surface area (Å²) in [7, 11) is 3.29. The minimum Gasteiger partial charge on any atom is -0.493 e. The predicted molar refractivity (Wildman–Crippen MR) is 97.9 cm³/mol. The molecular formula is C18H21N3O5. The van der Waals surface area contributed by atoms with E-state index in [4.69, 9.17) is 15.2 Å². The van der Waals surface area contributed by atoms with Crippen LogP contribution in [0.5, 0.6) is 11.5 Å². The molecule has 0 radical (unpaired) electrons. The smallest absolute Gasteiger partial charge is 0.293 e. The molecule has 0 aliphatic heterocycles. The number of primary amides is 1. The lowest BCUT2D eigenvalue weighted by Gasteiger charge is -2.20. The highest BCUT2D eigenvalue weighted by atomic mass is 16.6. The van der Waals surface area contributed by atoms with Gasteiger partial charge in [-0.05, 0) is 36.8 Å². The first-order valence-corrected chi connectivity index (χ1v) is 7.96. The summed E-state index contributed by atoms with van der Waals surface area (Å²) in [4.78, 5) is 23.8. The molecule has 0 aliphatic rings. The van der Waals surface area contributed by atoms with Crippen molar-refractivity contribution >= 4 is 17.3 Å². The summed E-state index contributed by atoms with van der Waals surface area (Å²) in [6.07, 6.45) is 0. The van der Waals surface area contributed by atoms with Gasteiger partial charge in [-0.2, -0.15) is 0 Å². The molecule has 8 nitrogen and oxygen atoms in total. The molecule has 0 spiro atoms. The van der Waals surface area contributed by atoms with Crippen LogP contribution in [0, 0.1) is 10.1 Å². The molecule has 8 heteroatoms. The molecule has 0 bridgehead atoms. The van der Waals surface area contributed by atoms with E-state index in [1.54, 1.807) is 25.1 Å². The Hall–Kier alpha value is -3.29. The van der Waals surface area contributed by atoms with Crippen molar-refractivity contribution in [2.75, 3.05) is 25.7 Å². The predicted octanol–water partition coefficient (Wildman–Crippen LogP) is 2.74. The van der Waals surface area contributed by atoms with Crippen LogP contribution in [-0.2, 0) is 6.54 Å². The number of nitro benzene ring substituents is 1. The van der Waals surface area contributed by atoms with Gasteiger partial charge in [-0.3, -0.25) is 14.9 Å². The first kappa shape index (κ1) is 19.0. The molecule has 0 unspecified atom stereocenters. The number of hydrogen-bond acceptors (Lipinski definition) is 6.